The summed E-state index contributed by atoms with van der Waals surface area (Å²) in [5.74, 6) is 0.860. The van der Waals surface area contributed by atoms with Crippen LogP contribution in [0.2, 0.25) is 0 Å². The van der Waals surface area contributed by atoms with E-state index in [1.807, 2.05) is 0 Å². The number of hydrogen-bond acceptors (Lipinski definition) is 2. The molecule has 0 N–H and O–H groups in total. The quantitative estimate of drug-likeness (QED) is 0.169. The lowest BCUT2D eigenvalue weighted by molar-refractivity contribution is 1.13. The van der Waals surface area contributed by atoms with Gasteiger partial charge in [-0.1, -0.05) is 176 Å². The van der Waals surface area contributed by atoms with E-state index in [0.717, 1.165) is 67.6 Å². The second kappa shape index (κ2) is 14.1. The van der Waals surface area contributed by atoms with Gasteiger partial charge in [-0.05, 0) is 81.9 Å². The summed E-state index contributed by atoms with van der Waals surface area (Å²) in [6.45, 7) is 0. The van der Waals surface area contributed by atoms with Crippen molar-refractivity contribution >= 4 is 28.1 Å². The second-order valence-corrected chi connectivity index (χ2v) is 14.8. The Hall–Kier alpha value is -7.75. The third kappa shape index (κ3) is 5.72. The minimum Gasteiger partial charge on any atom is -0.308 e. The van der Waals surface area contributed by atoms with E-state index < -0.39 is 0 Å². The van der Waals surface area contributed by atoms with Crippen molar-refractivity contribution in [3.8, 4) is 72.7 Å². The monoisotopic (exact) mass is 739 g/mol. The van der Waals surface area contributed by atoms with Gasteiger partial charge in [-0.3, -0.25) is 4.90 Å². The van der Waals surface area contributed by atoms with Gasteiger partial charge in [0.05, 0.1) is 28.3 Å². The highest BCUT2D eigenvalue weighted by atomic mass is 15.2. The predicted molar refractivity (Wildman–Crippen MR) is 242 cm³/mol. The maximum atomic E-state index is 5.49. The lowest BCUT2D eigenvalue weighted by Crippen LogP contribution is -2.13. The van der Waals surface area contributed by atoms with Crippen LogP contribution in [0.1, 0.15) is 0 Å². The maximum Gasteiger partial charge on any atom is 0.138 e. The number of fused-ring (bicyclic) bond motifs is 7. The molecule has 0 saturated heterocycles. The van der Waals surface area contributed by atoms with E-state index in [-0.39, 0.29) is 0 Å². The van der Waals surface area contributed by atoms with E-state index in [9.17, 15) is 0 Å². The fourth-order valence-corrected chi connectivity index (χ4v) is 8.68. The summed E-state index contributed by atoms with van der Waals surface area (Å²) < 4.78 is 2.49. The van der Waals surface area contributed by atoms with Crippen LogP contribution in [0.4, 0.5) is 17.2 Å². The zero-order chi connectivity index (χ0) is 38.4. The molecule has 272 valence electrons. The average molecular weight is 740 g/mol. The molecule has 11 rings (SSSR count). The minimum atomic E-state index is 0.860. The van der Waals surface area contributed by atoms with E-state index in [1.54, 1.807) is 0 Å². The van der Waals surface area contributed by atoms with E-state index in [4.69, 9.17) is 4.98 Å². The molecule has 0 fully saturated rings. The summed E-state index contributed by atoms with van der Waals surface area (Å²) in [7, 11) is 0. The number of hydrogen-bond donors (Lipinski definition) is 0. The molecule has 10 aromatic rings. The molecule has 3 heteroatoms. The Morgan fingerprint density at radius 1 is 0.345 bits per heavy atom. The third-order valence-corrected chi connectivity index (χ3v) is 11.3. The highest BCUT2D eigenvalue weighted by molar-refractivity contribution is 6.13. The largest absolute Gasteiger partial charge is 0.308 e. The molecule has 8 aromatic carbocycles. The van der Waals surface area contributed by atoms with Gasteiger partial charge < -0.3 is 4.57 Å². The number of nitrogens with zero attached hydrogens (tertiary/aromatic N) is 3. The highest BCUT2D eigenvalue weighted by Gasteiger charge is 2.32. The first kappa shape index (κ1) is 33.6. The summed E-state index contributed by atoms with van der Waals surface area (Å²) in [4.78, 5) is 7.87. The lowest BCUT2D eigenvalue weighted by Gasteiger charge is -2.27. The van der Waals surface area contributed by atoms with Crippen LogP contribution in [-0.4, -0.2) is 9.55 Å². The molecular formula is C55H37N3. The van der Waals surface area contributed by atoms with Gasteiger partial charge >= 0.3 is 0 Å². The average Bonchev–Trinajstić information content (AvgIpc) is 3.59. The molecule has 0 atom stereocenters. The smallest absolute Gasteiger partial charge is 0.138 e. The zero-order valence-corrected chi connectivity index (χ0v) is 31.7. The molecule has 3 heterocycles. The van der Waals surface area contributed by atoms with Gasteiger partial charge in [0.25, 0.3) is 0 Å². The first-order valence-electron chi connectivity index (χ1n) is 19.8. The van der Waals surface area contributed by atoms with Gasteiger partial charge in [-0.2, -0.15) is 0 Å². The zero-order valence-electron chi connectivity index (χ0n) is 31.7. The Morgan fingerprint density at radius 2 is 0.810 bits per heavy atom. The van der Waals surface area contributed by atoms with Crippen molar-refractivity contribution in [3.05, 3.63) is 224 Å². The van der Waals surface area contributed by atoms with Gasteiger partial charge in [0, 0.05) is 33.3 Å². The molecule has 0 amide bonds. The van der Waals surface area contributed by atoms with Gasteiger partial charge in [-0.15, -0.1) is 0 Å². The third-order valence-electron chi connectivity index (χ3n) is 11.3. The van der Waals surface area contributed by atoms with Crippen molar-refractivity contribution < 1.29 is 0 Å². The van der Waals surface area contributed by atoms with E-state index >= 15 is 0 Å². The fourth-order valence-electron chi connectivity index (χ4n) is 8.68. The van der Waals surface area contributed by atoms with E-state index in [2.05, 4.69) is 234 Å². The van der Waals surface area contributed by atoms with Crippen LogP contribution in [-0.2, 0) is 0 Å². The Bertz CT molecular complexity index is 2980. The second-order valence-electron chi connectivity index (χ2n) is 14.8. The van der Waals surface area contributed by atoms with Crippen molar-refractivity contribution in [2.24, 2.45) is 0 Å². The van der Waals surface area contributed by atoms with Gasteiger partial charge in [0.1, 0.15) is 5.82 Å². The van der Waals surface area contributed by atoms with Crippen LogP contribution in [0.15, 0.2) is 224 Å². The highest BCUT2D eigenvalue weighted by Crippen LogP contribution is 2.54. The van der Waals surface area contributed by atoms with E-state index in [0.29, 0.717) is 0 Å². The molecule has 0 radical (unpaired) electrons. The topological polar surface area (TPSA) is 21.1 Å². The molecule has 0 saturated carbocycles. The molecule has 0 spiro atoms. The summed E-state index contributed by atoms with van der Waals surface area (Å²) in [5.41, 5.74) is 18.0. The first-order chi connectivity index (χ1) is 28.8. The number of rotatable bonds is 6. The van der Waals surface area contributed by atoms with Gasteiger partial charge in [0.15, 0.2) is 0 Å². The maximum absolute atomic E-state index is 5.49. The van der Waals surface area contributed by atoms with Crippen molar-refractivity contribution in [2.75, 3.05) is 4.90 Å². The number of pyridine rings is 1. The molecule has 1 aliphatic rings. The Kier molecular flexibility index (Phi) is 8.15. The predicted octanol–water partition coefficient (Wildman–Crippen LogP) is 14.8. The van der Waals surface area contributed by atoms with Crippen LogP contribution < -0.4 is 4.90 Å². The van der Waals surface area contributed by atoms with Crippen LogP contribution in [0.3, 0.4) is 0 Å². The molecule has 3 nitrogen and oxygen atoms in total. The van der Waals surface area contributed by atoms with Crippen molar-refractivity contribution in [2.45, 2.75) is 0 Å². The summed E-state index contributed by atoms with van der Waals surface area (Å²) in [5, 5.41) is 1.20. The van der Waals surface area contributed by atoms with Crippen molar-refractivity contribution in [3.63, 3.8) is 0 Å². The standard InChI is InChI=1S/C55H37N3/c1-5-19-38(20-6-1)42-33-43(39-21-7-2-8-22-39)35-45(34-42)57-50-30-16-13-27-46(50)54-47-28-14-17-31-51(47)58(52-32-18-15-29-48(52)55(54)57)53-37-44(40-23-9-3-10-24-40)36-49(56-53)41-25-11-4-12-26-41/h1-37H. The molecule has 1 aliphatic heterocycles. The number of para-hydroxylation sites is 3. The van der Waals surface area contributed by atoms with Crippen LogP contribution >= 0.6 is 0 Å². The number of aromatic nitrogens is 2. The lowest BCUT2D eigenvalue weighted by atomic mass is 9.97. The summed E-state index contributed by atoms with van der Waals surface area (Å²) in [6, 6.07) is 80.6. The Balaban J connectivity index is 1.22. The molecular weight excluding hydrogens is 703 g/mol. The Labute approximate surface area is 338 Å². The molecule has 58 heavy (non-hydrogen) atoms. The van der Waals surface area contributed by atoms with Crippen LogP contribution in [0.25, 0.3) is 83.6 Å². The molecule has 0 unspecified atom stereocenters. The Morgan fingerprint density at radius 3 is 1.41 bits per heavy atom. The van der Waals surface area contributed by atoms with Crippen LogP contribution in [0.5, 0.6) is 0 Å². The summed E-state index contributed by atoms with van der Waals surface area (Å²) >= 11 is 0. The van der Waals surface area contributed by atoms with Crippen LogP contribution in [0, 0.1) is 0 Å². The molecule has 0 bridgehead atoms. The fraction of sp³-hybridized carbons (Fsp3) is 0. The van der Waals surface area contributed by atoms with Crippen molar-refractivity contribution in [1.82, 2.24) is 9.55 Å². The normalized spacial score (nSPS) is 11.8. The molecule has 2 aromatic heterocycles. The van der Waals surface area contributed by atoms with Gasteiger partial charge in [-0.25, -0.2) is 4.98 Å². The van der Waals surface area contributed by atoms with E-state index in [1.165, 1.54) is 33.2 Å². The summed E-state index contributed by atoms with van der Waals surface area (Å²) in [6.07, 6.45) is 0. The number of benzene rings is 8. The minimum absolute atomic E-state index is 0.860. The van der Waals surface area contributed by atoms with Crippen molar-refractivity contribution in [1.29, 1.82) is 0 Å². The van der Waals surface area contributed by atoms with Gasteiger partial charge in [0.2, 0.25) is 0 Å². The first-order valence-corrected chi connectivity index (χ1v) is 19.8. The SMILES string of the molecule is c1ccc(-c2cc(-c3ccccc3)cc(-n3c4c(c5ccccc53)-c3ccccc3N(c3cc(-c5ccccc5)cc(-c5ccccc5)n3)c3ccccc3-4)c2)cc1. The molecule has 0 aliphatic carbocycles. The number of anilines is 3.